The molecule has 1 amide bonds. The zero-order valence-corrected chi connectivity index (χ0v) is 16.0. The summed E-state index contributed by atoms with van der Waals surface area (Å²) in [5.41, 5.74) is 1.45. The van der Waals surface area contributed by atoms with Crippen molar-refractivity contribution in [3.8, 4) is 0 Å². The lowest BCUT2D eigenvalue weighted by molar-refractivity contribution is 0.101. The smallest absolute Gasteiger partial charge is 0.255 e. The number of benzene rings is 2. The Bertz CT molecular complexity index is 902. The summed E-state index contributed by atoms with van der Waals surface area (Å²) in [5.74, 6) is -0.409. The molecule has 1 N–H and O–H groups in total. The second kappa shape index (κ2) is 7.80. The third-order valence-corrected chi connectivity index (χ3v) is 6.12. The highest BCUT2D eigenvalue weighted by Crippen LogP contribution is 2.18. The van der Waals surface area contributed by atoms with Gasteiger partial charge in [-0.25, -0.2) is 8.42 Å². The van der Waals surface area contributed by atoms with Gasteiger partial charge in [-0.05, 0) is 69.3 Å². The number of Topliss-reactive ketones (excluding diaryl/α,β-unsaturated/α-hetero) is 1. The van der Waals surface area contributed by atoms with E-state index < -0.39 is 10.0 Å². The van der Waals surface area contributed by atoms with E-state index in [0.29, 0.717) is 16.8 Å². The minimum Gasteiger partial charge on any atom is -0.322 e. The van der Waals surface area contributed by atoms with E-state index in [1.54, 1.807) is 38.1 Å². The highest BCUT2D eigenvalue weighted by molar-refractivity contribution is 7.89. The number of carbonyl (C=O) groups is 2. The lowest BCUT2D eigenvalue weighted by Gasteiger charge is -2.21. The van der Waals surface area contributed by atoms with Crippen LogP contribution in [0.3, 0.4) is 0 Å². The van der Waals surface area contributed by atoms with E-state index in [1.807, 2.05) is 0 Å². The van der Waals surface area contributed by atoms with Gasteiger partial charge < -0.3 is 5.32 Å². The average Bonchev–Trinajstić information content (AvgIpc) is 2.61. The Labute approximate surface area is 153 Å². The number of nitrogens with one attached hydrogen (secondary N) is 1. The van der Waals surface area contributed by atoms with Crippen molar-refractivity contribution in [2.45, 2.75) is 31.7 Å². The van der Waals surface area contributed by atoms with Crippen molar-refractivity contribution < 1.29 is 18.0 Å². The van der Waals surface area contributed by atoms with Gasteiger partial charge in [-0.2, -0.15) is 4.31 Å². The summed E-state index contributed by atoms with van der Waals surface area (Å²) in [5, 5.41) is 2.71. The molecule has 0 radical (unpaired) electrons. The molecule has 6 nitrogen and oxygen atoms in total. The minimum absolute atomic E-state index is 0.0500. The molecule has 0 aliphatic carbocycles. The second-order valence-corrected chi connectivity index (χ2v) is 8.22. The van der Waals surface area contributed by atoms with Gasteiger partial charge in [0.1, 0.15) is 0 Å². The fraction of sp³-hybridized carbons (Fsp3) is 0.263. The number of anilines is 1. The Morgan fingerprint density at radius 1 is 0.923 bits per heavy atom. The summed E-state index contributed by atoms with van der Waals surface area (Å²) < 4.78 is 26.1. The average molecular weight is 374 g/mol. The van der Waals surface area contributed by atoms with Gasteiger partial charge in [0, 0.05) is 29.9 Å². The van der Waals surface area contributed by atoms with Crippen LogP contribution in [0.5, 0.6) is 0 Å². The van der Waals surface area contributed by atoms with Gasteiger partial charge in [0.25, 0.3) is 5.91 Å². The molecular formula is C19H22N2O4S. The van der Waals surface area contributed by atoms with E-state index in [2.05, 4.69) is 5.32 Å². The fourth-order valence-electron chi connectivity index (χ4n) is 2.21. The molecule has 0 bridgehead atoms. The Balaban J connectivity index is 2.15. The summed E-state index contributed by atoms with van der Waals surface area (Å²) >= 11 is 0. The van der Waals surface area contributed by atoms with Crippen LogP contribution in [0.1, 0.15) is 41.5 Å². The summed E-state index contributed by atoms with van der Waals surface area (Å²) in [7, 11) is -2.06. The fourth-order valence-corrected chi connectivity index (χ4v) is 3.58. The van der Waals surface area contributed by atoms with Crippen molar-refractivity contribution in [3.63, 3.8) is 0 Å². The largest absolute Gasteiger partial charge is 0.322 e. The highest BCUT2D eigenvalue weighted by atomic mass is 32.2. The first-order valence-corrected chi connectivity index (χ1v) is 9.57. The SMILES string of the molecule is CC(=O)c1ccc(NC(=O)c2ccc(S(=O)(=O)N(C)C(C)C)cc2)cc1. The van der Waals surface area contributed by atoms with E-state index >= 15 is 0 Å². The molecule has 0 fully saturated rings. The summed E-state index contributed by atoms with van der Waals surface area (Å²) in [4.78, 5) is 23.7. The molecule has 0 unspecified atom stereocenters. The lowest BCUT2D eigenvalue weighted by Crippen LogP contribution is -2.33. The topological polar surface area (TPSA) is 83.5 Å². The number of carbonyl (C=O) groups excluding carboxylic acids is 2. The maximum Gasteiger partial charge on any atom is 0.255 e. The van der Waals surface area contributed by atoms with E-state index in [1.165, 1.54) is 42.5 Å². The lowest BCUT2D eigenvalue weighted by atomic mass is 10.1. The third kappa shape index (κ3) is 4.36. The van der Waals surface area contributed by atoms with Crippen LogP contribution in [-0.2, 0) is 10.0 Å². The van der Waals surface area contributed by atoms with E-state index in [4.69, 9.17) is 0 Å². The molecule has 2 aromatic rings. The molecule has 0 aliphatic rings. The Kier molecular flexibility index (Phi) is 5.94. The zero-order chi connectivity index (χ0) is 19.5. The van der Waals surface area contributed by atoms with Gasteiger partial charge in [-0.1, -0.05) is 0 Å². The molecule has 0 spiro atoms. The van der Waals surface area contributed by atoms with Crippen molar-refractivity contribution >= 4 is 27.4 Å². The molecule has 0 aliphatic heterocycles. The molecule has 2 rings (SSSR count). The van der Waals surface area contributed by atoms with Crippen LogP contribution in [-0.4, -0.2) is 37.5 Å². The van der Waals surface area contributed by atoms with Crippen molar-refractivity contribution in [3.05, 3.63) is 59.7 Å². The Morgan fingerprint density at radius 2 is 1.42 bits per heavy atom. The number of sulfonamides is 1. The van der Waals surface area contributed by atoms with Crippen LogP contribution < -0.4 is 5.32 Å². The molecule has 0 heterocycles. The van der Waals surface area contributed by atoms with Crippen LogP contribution in [0.4, 0.5) is 5.69 Å². The maximum absolute atomic E-state index is 12.4. The minimum atomic E-state index is -3.58. The van der Waals surface area contributed by atoms with Gasteiger partial charge >= 0.3 is 0 Å². The first-order chi connectivity index (χ1) is 12.1. The summed E-state index contributed by atoms with van der Waals surface area (Å²) in [6.07, 6.45) is 0. The number of rotatable bonds is 6. The van der Waals surface area contributed by atoms with Crippen molar-refractivity contribution in [1.82, 2.24) is 4.31 Å². The van der Waals surface area contributed by atoms with Gasteiger partial charge in [0.2, 0.25) is 10.0 Å². The molecule has 138 valence electrons. The molecule has 7 heteroatoms. The van der Waals surface area contributed by atoms with Crippen LogP contribution in [0.2, 0.25) is 0 Å². The molecular weight excluding hydrogens is 352 g/mol. The van der Waals surface area contributed by atoms with Crippen LogP contribution in [0, 0.1) is 0 Å². The summed E-state index contributed by atoms with van der Waals surface area (Å²) in [6.45, 7) is 5.05. The Hall–Kier alpha value is -2.51. The number of amides is 1. The highest BCUT2D eigenvalue weighted by Gasteiger charge is 2.23. The summed E-state index contributed by atoms with van der Waals surface area (Å²) in [6, 6.07) is 12.2. The monoisotopic (exact) mass is 374 g/mol. The molecule has 26 heavy (non-hydrogen) atoms. The van der Waals surface area contributed by atoms with E-state index in [-0.39, 0.29) is 22.6 Å². The number of hydrogen-bond donors (Lipinski definition) is 1. The predicted molar refractivity (Wildman–Crippen MR) is 101 cm³/mol. The number of hydrogen-bond acceptors (Lipinski definition) is 4. The predicted octanol–water partition coefficient (Wildman–Crippen LogP) is 3.17. The standard InChI is InChI=1S/C19H22N2O4S/c1-13(2)21(4)26(24,25)18-11-7-16(8-12-18)19(23)20-17-9-5-15(6-10-17)14(3)22/h5-13H,1-4H3,(H,20,23). The first kappa shape index (κ1) is 19.8. The van der Waals surface area contributed by atoms with E-state index in [9.17, 15) is 18.0 Å². The number of ketones is 1. The molecule has 2 aromatic carbocycles. The number of nitrogens with zero attached hydrogens (tertiary/aromatic N) is 1. The van der Waals surface area contributed by atoms with Crippen LogP contribution in [0.25, 0.3) is 0 Å². The third-order valence-electron chi connectivity index (χ3n) is 4.07. The van der Waals surface area contributed by atoms with Crippen molar-refractivity contribution in [2.75, 3.05) is 12.4 Å². The van der Waals surface area contributed by atoms with Crippen LogP contribution in [0.15, 0.2) is 53.4 Å². The van der Waals surface area contributed by atoms with Crippen LogP contribution >= 0.6 is 0 Å². The van der Waals surface area contributed by atoms with Gasteiger partial charge in [-0.15, -0.1) is 0 Å². The molecule has 0 saturated carbocycles. The van der Waals surface area contributed by atoms with Crippen molar-refractivity contribution in [1.29, 1.82) is 0 Å². The van der Waals surface area contributed by atoms with E-state index in [0.717, 1.165) is 0 Å². The quantitative estimate of drug-likeness (QED) is 0.787. The molecule has 0 atom stereocenters. The first-order valence-electron chi connectivity index (χ1n) is 8.13. The second-order valence-electron chi connectivity index (χ2n) is 6.23. The van der Waals surface area contributed by atoms with Gasteiger partial charge in [-0.3, -0.25) is 9.59 Å². The Morgan fingerprint density at radius 3 is 1.88 bits per heavy atom. The van der Waals surface area contributed by atoms with Gasteiger partial charge in [0.05, 0.1) is 4.90 Å². The zero-order valence-electron chi connectivity index (χ0n) is 15.2. The normalized spacial score (nSPS) is 11.6. The van der Waals surface area contributed by atoms with Gasteiger partial charge in [0.15, 0.2) is 5.78 Å². The molecule has 0 saturated heterocycles. The molecule has 0 aromatic heterocycles. The maximum atomic E-state index is 12.4. The van der Waals surface area contributed by atoms with Crippen molar-refractivity contribution in [2.24, 2.45) is 0 Å².